The molecule has 0 amide bonds. The highest BCUT2D eigenvalue weighted by atomic mass is 32.2. The monoisotopic (exact) mass is 316 g/mol. The maximum Gasteiger partial charge on any atom is 0.193 e. The molecule has 0 atom stereocenters. The Kier molecular flexibility index (Phi) is 6.90. The summed E-state index contributed by atoms with van der Waals surface area (Å²) in [6.07, 6.45) is 1.42. The molecular weight excluding hydrogens is 296 g/mol. The van der Waals surface area contributed by atoms with Gasteiger partial charge in [0.1, 0.15) is 0 Å². The Labute approximate surface area is 135 Å². The molecule has 1 saturated heterocycles. The molecule has 3 heteroatoms. The highest BCUT2D eigenvalue weighted by molar-refractivity contribution is 8.17. The van der Waals surface area contributed by atoms with Crippen LogP contribution in [0.1, 0.15) is 29.3 Å². The van der Waals surface area contributed by atoms with Gasteiger partial charge >= 0.3 is 0 Å². The first-order valence-corrected chi connectivity index (χ1v) is 9.25. The van der Waals surface area contributed by atoms with Crippen molar-refractivity contribution >= 4 is 29.3 Å². The molecule has 110 valence electrons. The molecule has 0 radical (unpaired) electrons. The largest absolute Gasteiger partial charge is 0.289 e. The van der Waals surface area contributed by atoms with Gasteiger partial charge in [-0.2, -0.15) is 0 Å². The number of thioether (sulfide) groups is 2. The minimum Gasteiger partial charge on any atom is -0.289 e. The van der Waals surface area contributed by atoms with Gasteiger partial charge in [-0.3, -0.25) is 4.79 Å². The lowest BCUT2D eigenvalue weighted by Gasteiger charge is -2.15. The highest BCUT2D eigenvalue weighted by Gasteiger charge is 2.07. The summed E-state index contributed by atoms with van der Waals surface area (Å²) in [6, 6.07) is 18.6. The molecular formula is C18H20OS2. The van der Waals surface area contributed by atoms with Gasteiger partial charge in [-0.25, -0.2) is 0 Å². The van der Waals surface area contributed by atoms with Crippen LogP contribution in [-0.4, -0.2) is 21.9 Å². The predicted octanol–water partition coefficient (Wildman–Crippen LogP) is 5.12. The van der Waals surface area contributed by atoms with Crippen LogP contribution < -0.4 is 0 Å². The molecule has 0 aromatic heterocycles. The van der Waals surface area contributed by atoms with Crippen LogP contribution in [0.4, 0.5) is 0 Å². The van der Waals surface area contributed by atoms with Crippen molar-refractivity contribution in [1.29, 1.82) is 0 Å². The average molecular weight is 316 g/mol. The summed E-state index contributed by atoms with van der Waals surface area (Å²) in [7, 11) is 0. The Hall–Kier alpha value is -1.19. The first-order chi connectivity index (χ1) is 10.3. The molecule has 1 heterocycles. The lowest BCUT2D eigenvalue weighted by molar-refractivity contribution is 0.103. The van der Waals surface area contributed by atoms with Crippen molar-refractivity contribution in [3.05, 3.63) is 71.8 Å². The second-order valence-electron chi connectivity index (χ2n) is 4.72. The zero-order valence-electron chi connectivity index (χ0n) is 12.2. The summed E-state index contributed by atoms with van der Waals surface area (Å²) in [6.45, 7) is 2.29. The lowest BCUT2D eigenvalue weighted by atomic mass is 10.0. The van der Waals surface area contributed by atoms with Gasteiger partial charge in [-0.1, -0.05) is 60.7 Å². The van der Waals surface area contributed by atoms with E-state index in [1.807, 2.05) is 60.7 Å². The predicted molar refractivity (Wildman–Crippen MR) is 95.3 cm³/mol. The fourth-order valence-corrected chi connectivity index (χ4v) is 4.38. The zero-order chi connectivity index (χ0) is 14.9. The van der Waals surface area contributed by atoms with Gasteiger partial charge in [-0.05, 0) is 24.9 Å². The van der Waals surface area contributed by atoms with Crippen LogP contribution in [0.2, 0.25) is 0 Å². The Morgan fingerprint density at radius 1 is 0.857 bits per heavy atom. The first-order valence-electron chi connectivity index (χ1n) is 7.15. The first kappa shape index (κ1) is 16.2. The third-order valence-electron chi connectivity index (χ3n) is 3.07. The molecule has 21 heavy (non-hydrogen) atoms. The van der Waals surface area contributed by atoms with Crippen LogP contribution in [-0.2, 0) is 0 Å². The van der Waals surface area contributed by atoms with Gasteiger partial charge in [0.15, 0.2) is 5.78 Å². The molecule has 1 aliphatic heterocycles. The van der Waals surface area contributed by atoms with E-state index in [0.29, 0.717) is 0 Å². The van der Waals surface area contributed by atoms with Crippen molar-refractivity contribution < 1.29 is 4.79 Å². The third-order valence-corrected chi connectivity index (χ3v) is 5.87. The molecule has 3 rings (SSSR count). The quantitative estimate of drug-likeness (QED) is 0.716. The Balaban J connectivity index is 0.000000194. The fourth-order valence-electron chi connectivity index (χ4n) is 1.95. The summed E-state index contributed by atoms with van der Waals surface area (Å²) < 4.78 is 0.869. The third kappa shape index (κ3) is 5.60. The number of hydrogen-bond donors (Lipinski definition) is 0. The maximum atomic E-state index is 11.8. The van der Waals surface area contributed by atoms with Crippen LogP contribution in [0.5, 0.6) is 0 Å². The lowest BCUT2D eigenvalue weighted by Crippen LogP contribution is -2.00. The molecule has 1 fully saturated rings. The minimum absolute atomic E-state index is 0.0752. The zero-order valence-corrected chi connectivity index (χ0v) is 13.8. The van der Waals surface area contributed by atoms with E-state index in [1.165, 1.54) is 17.9 Å². The molecule has 1 nitrogen and oxygen atoms in total. The van der Waals surface area contributed by atoms with E-state index >= 15 is 0 Å². The van der Waals surface area contributed by atoms with Crippen molar-refractivity contribution in [3.63, 3.8) is 0 Å². The van der Waals surface area contributed by atoms with E-state index in [2.05, 4.69) is 30.4 Å². The summed E-state index contributed by atoms with van der Waals surface area (Å²) in [5, 5.41) is 0. The number of carbonyl (C=O) groups excluding carboxylic acids is 1. The molecule has 0 unspecified atom stereocenters. The molecule has 0 N–H and O–H groups in total. The Bertz CT molecular complexity index is 492. The number of rotatable bonds is 2. The van der Waals surface area contributed by atoms with Gasteiger partial charge in [0.05, 0.1) is 0 Å². The fraction of sp³-hybridized carbons (Fsp3) is 0.278. The maximum absolute atomic E-state index is 11.8. The van der Waals surface area contributed by atoms with Gasteiger partial charge < -0.3 is 0 Å². The van der Waals surface area contributed by atoms with Crippen LogP contribution in [0.3, 0.4) is 0 Å². The minimum atomic E-state index is 0.0752. The number of carbonyl (C=O) groups is 1. The summed E-state index contributed by atoms with van der Waals surface area (Å²) in [4.78, 5) is 11.8. The van der Waals surface area contributed by atoms with E-state index in [1.54, 1.807) is 0 Å². The van der Waals surface area contributed by atoms with E-state index in [-0.39, 0.29) is 5.78 Å². The van der Waals surface area contributed by atoms with Gasteiger partial charge in [0.25, 0.3) is 0 Å². The van der Waals surface area contributed by atoms with Crippen molar-refractivity contribution in [3.8, 4) is 0 Å². The van der Waals surface area contributed by atoms with E-state index < -0.39 is 0 Å². The van der Waals surface area contributed by atoms with Crippen molar-refractivity contribution in [2.75, 3.05) is 11.5 Å². The number of benzene rings is 2. The van der Waals surface area contributed by atoms with Crippen molar-refractivity contribution in [1.82, 2.24) is 0 Å². The average Bonchev–Trinajstić information content (AvgIpc) is 2.57. The van der Waals surface area contributed by atoms with Crippen LogP contribution in [0, 0.1) is 0 Å². The normalized spacial score (nSPS) is 14.9. The smallest absolute Gasteiger partial charge is 0.193 e. The van der Waals surface area contributed by atoms with E-state index in [0.717, 1.165) is 15.7 Å². The van der Waals surface area contributed by atoms with Gasteiger partial charge in [0.2, 0.25) is 0 Å². The summed E-state index contributed by atoms with van der Waals surface area (Å²) in [5.41, 5.74) is 1.47. The van der Waals surface area contributed by atoms with E-state index in [9.17, 15) is 4.79 Å². The van der Waals surface area contributed by atoms with Gasteiger partial charge in [-0.15, -0.1) is 23.5 Å². The van der Waals surface area contributed by atoms with Gasteiger partial charge in [0, 0.05) is 15.7 Å². The van der Waals surface area contributed by atoms with Crippen LogP contribution in [0.25, 0.3) is 0 Å². The molecule has 0 aliphatic carbocycles. The number of ketones is 1. The molecule has 0 spiro atoms. The molecule has 2 aromatic carbocycles. The molecule has 1 aliphatic rings. The second kappa shape index (κ2) is 8.96. The topological polar surface area (TPSA) is 17.1 Å². The standard InChI is InChI=1S/C13H10O.C5H10S2/c14-13(11-7-3-1-4-8-11)12-9-5-2-6-10-12;1-5-6-3-2-4-7-5/h1-10H;5H,2-4H2,1H3. The highest BCUT2D eigenvalue weighted by Crippen LogP contribution is 2.29. The molecule has 0 saturated carbocycles. The summed E-state index contributed by atoms with van der Waals surface area (Å²) in [5.74, 6) is 2.84. The van der Waals surface area contributed by atoms with Crippen molar-refractivity contribution in [2.45, 2.75) is 17.9 Å². The number of hydrogen-bond acceptors (Lipinski definition) is 3. The molecule has 0 bridgehead atoms. The van der Waals surface area contributed by atoms with Crippen LogP contribution >= 0.6 is 23.5 Å². The van der Waals surface area contributed by atoms with E-state index in [4.69, 9.17) is 0 Å². The summed E-state index contributed by atoms with van der Waals surface area (Å²) >= 11 is 4.16. The Morgan fingerprint density at radius 2 is 1.29 bits per heavy atom. The second-order valence-corrected chi connectivity index (χ2v) is 7.92. The molecule has 2 aromatic rings. The van der Waals surface area contributed by atoms with Crippen LogP contribution in [0.15, 0.2) is 60.7 Å². The van der Waals surface area contributed by atoms with Crippen molar-refractivity contribution in [2.24, 2.45) is 0 Å². The SMILES string of the molecule is CC1SCCCS1.O=C(c1ccccc1)c1ccccc1. The Morgan fingerprint density at radius 3 is 1.62 bits per heavy atom.